The number of hydrogen-bond donors (Lipinski definition) is 1. The van der Waals surface area contributed by atoms with Crippen molar-refractivity contribution in [2.24, 2.45) is 0 Å². The van der Waals surface area contributed by atoms with Crippen molar-refractivity contribution in [2.45, 2.75) is 13.3 Å². The molecule has 0 bridgehead atoms. The molecule has 0 aliphatic rings. The highest BCUT2D eigenvalue weighted by atomic mass is 16.4. The van der Waals surface area contributed by atoms with Crippen molar-refractivity contribution >= 4 is 17.7 Å². The molecule has 1 heterocycles. The Balaban J connectivity index is 2.86. The normalized spacial score (nSPS) is 10.1. The second-order valence-corrected chi connectivity index (χ2v) is 4.42. The Morgan fingerprint density at radius 3 is 2.42 bits per heavy atom. The van der Waals surface area contributed by atoms with Gasteiger partial charge in [-0.05, 0) is 18.6 Å². The van der Waals surface area contributed by atoms with E-state index in [4.69, 9.17) is 5.11 Å². The fourth-order valence-electron chi connectivity index (χ4n) is 1.65. The molecule has 0 spiro atoms. The highest BCUT2D eigenvalue weighted by Gasteiger charge is 2.18. The van der Waals surface area contributed by atoms with Gasteiger partial charge in [-0.3, -0.25) is 9.59 Å². The van der Waals surface area contributed by atoms with Gasteiger partial charge in [0.05, 0.1) is 5.56 Å². The molecule has 0 saturated carbocycles. The zero-order valence-electron chi connectivity index (χ0n) is 11.5. The Labute approximate surface area is 112 Å². The number of carboxylic acid groups (broad SMARTS) is 1. The van der Waals surface area contributed by atoms with E-state index in [1.165, 1.54) is 11.1 Å². The molecule has 0 atom stereocenters. The van der Waals surface area contributed by atoms with Crippen LogP contribution >= 0.6 is 0 Å². The van der Waals surface area contributed by atoms with Crippen molar-refractivity contribution in [1.29, 1.82) is 0 Å². The van der Waals surface area contributed by atoms with Crippen LogP contribution in [0.3, 0.4) is 0 Å². The molecule has 6 heteroatoms. The van der Waals surface area contributed by atoms with Crippen LogP contribution in [0.25, 0.3) is 0 Å². The van der Waals surface area contributed by atoms with E-state index in [9.17, 15) is 9.59 Å². The average Bonchev–Trinajstić information content (AvgIpc) is 2.37. The summed E-state index contributed by atoms with van der Waals surface area (Å²) in [5, 5.41) is 8.81. The highest BCUT2D eigenvalue weighted by Crippen LogP contribution is 2.10. The quantitative estimate of drug-likeness (QED) is 0.833. The molecule has 1 aromatic rings. The summed E-state index contributed by atoms with van der Waals surface area (Å²) in [5.41, 5.74) is 0.403. The lowest BCUT2D eigenvalue weighted by Gasteiger charge is -2.20. The molecule has 6 nitrogen and oxygen atoms in total. The van der Waals surface area contributed by atoms with E-state index >= 15 is 0 Å². The van der Waals surface area contributed by atoms with Crippen LogP contribution in [0.2, 0.25) is 0 Å². The number of nitrogens with zero attached hydrogens (tertiary/aromatic N) is 3. The van der Waals surface area contributed by atoms with E-state index in [1.54, 1.807) is 12.1 Å². The molecule has 1 amide bonds. The van der Waals surface area contributed by atoms with Gasteiger partial charge in [0.2, 0.25) is 0 Å². The largest absolute Gasteiger partial charge is 0.480 e. The monoisotopic (exact) mass is 265 g/mol. The number of rotatable bonds is 6. The molecule has 104 valence electrons. The van der Waals surface area contributed by atoms with Crippen LogP contribution < -0.4 is 4.90 Å². The minimum atomic E-state index is -1.01. The summed E-state index contributed by atoms with van der Waals surface area (Å²) in [5.74, 6) is -0.571. The molecule has 0 saturated heterocycles. The lowest BCUT2D eigenvalue weighted by atomic mass is 10.2. The van der Waals surface area contributed by atoms with Crippen LogP contribution in [-0.2, 0) is 4.79 Å². The van der Waals surface area contributed by atoms with Crippen LogP contribution in [0.5, 0.6) is 0 Å². The smallest absolute Gasteiger partial charge is 0.323 e. The number of aromatic nitrogens is 1. The van der Waals surface area contributed by atoms with Crippen molar-refractivity contribution < 1.29 is 14.7 Å². The molecule has 1 N–H and O–H groups in total. The van der Waals surface area contributed by atoms with Crippen molar-refractivity contribution in [3.8, 4) is 0 Å². The summed E-state index contributed by atoms with van der Waals surface area (Å²) >= 11 is 0. The molecule has 0 aromatic carbocycles. The van der Waals surface area contributed by atoms with Crippen molar-refractivity contribution in [2.75, 3.05) is 32.1 Å². The molecular formula is C13H19N3O3. The summed E-state index contributed by atoms with van der Waals surface area (Å²) in [4.78, 5) is 30.2. The Bertz CT molecular complexity index is 443. The Kier molecular flexibility index (Phi) is 5.29. The minimum Gasteiger partial charge on any atom is -0.480 e. The number of aliphatic carboxylic acids is 1. The van der Waals surface area contributed by atoms with Gasteiger partial charge in [-0.1, -0.05) is 6.92 Å². The van der Waals surface area contributed by atoms with Gasteiger partial charge in [0, 0.05) is 26.8 Å². The van der Waals surface area contributed by atoms with Crippen LogP contribution in [0, 0.1) is 0 Å². The third kappa shape index (κ3) is 4.24. The zero-order chi connectivity index (χ0) is 14.4. The zero-order valence-corrected chi connectivity index (χ0v) is 11.5. The first-order valence-corrected chi connectivity index (χ1v) is 6.10. The van der Waals surface area contributed by atoms with Crippen LogP contribution in [0.15, 0.2) is 18.3 Å². The lowest BCUT2D eigenvalue weighted by molar-refractivity contribution is -0.137. The summed E-state index contributed by atoms with van der Waals surface area (Å²) in [6.45, 7) is 2.03. The average molecular weight is 265 g/mol. The van der Waals surface area contributed by atoms with Crippen molar-refractivity contribution in [1.82, 2.24) is 9.88 Å². The van der Waals surface area contributed by atoms with Gasteiger partial charge >= 0.3 is 5.97 Å². The second-order valence-electron chi connectivity index (χ2n) is 4.42. The first-order valence-electron chi connectivity index (χ1n) is 6.10. The van der Waals surface area contributed by atoms with E-state index in [1.807, 2.05) is 25.9 Å². The molecule has 0 fully saturated rings. The highest BCUT2D eigenvalue weighted by molar-refractivity contribution is 5.95. The number of pyridine rings is 1. The fraction of sp³-hybridized carbons (Fsp3) is 0.462. The second kappa shape index (κ2) is 6.72. The Hall–Kier alpha value is -2.11. The molecule has 0 radical (unpaired) electrons. The SMILES string of the molecule is CCCN(CC(=O)O)C(=O)c1ccc(N(C)C)nc1. The Morgan fingerprint density at radius 2 is 2.00 bits per heavy atom. The maximum Gasteiger partial charge on any atom is 0.323 e. The molecule has 0 aliphatic heterocycles. The number of carbonyl (C=O) groups excluding carboxylic acids is 1. The van der Waals surface area contributed by atoms with Crippen molar-refractivity contribution in [3.05, 3.63) is 23.9 Å². The van der Waals surface area contributed by atoms with E-state index in [0.717, 1.165) is 5.82 Å². The predicted molar refractivity (Wildman–Crippen MR) is 72.4 cm³/mol. The van der Waals surface area contributed by atoms with Gasteiger partial charge in [-0.2, -0.15) is 0 Å². The lowest BCUT2D eigenvalue weighted by Crippen LogP contribution is -2.36. The number of anilines is 1. The van der Waals surface area contributed by atoms with Gasteiger partial charge < -0.3 is 14.9 Å². The predicted octanol–water partition coefficient (Wildman–Crippen LogP) is 1.08. The van der Waals surface area contributed by atoms with E-state index in [2.05, 4.69) is 4.98 Å². The molecule has 1 rings (SSSR count). The van der Waals surface area contributed by atoms with E-state index in [-0.39, 0.29) is 12.5 Å². The standard InChI is InChI=1S/C13H19N3O3/c1-4-7-16(9-12(17)18)13(19)10-5-6-11(14-8-10)15(2)3/h5-6,8H,4,7,9H2,1-3H3,(H,17,18). The number of amides is 1. The molecule has 19 heavy (non-hydrogen) atoms. The molecular weight excluding hydrogens is 246 g/mol. The molecule has 0 unspecified atom stereocenters. The van der Waals surface area contributed by atoms with Gasteiger partial charge in [0.15, 0.2) is 0 Å². The van der Waals surface area contributed by atoms with Gasteiger partial charge in [0.25, 0.3) is 5.91 Å². The van der Waals surface area contributed by atoms with E-state index in [0.29, 0.717) is 18.5 Å². The summed E-state index contributed by atoms with van der Waals surface area (Å²) in [7, 11) is 3.72. The van der Waals surface area contributed by atoms with Crippen LogP contribution in [0.1, 0.15) is 23.7 Å². The third-order valence-electron chi connectivity index (χ3n) is 2.56. The number of carboxylic acids is 1. The first kappa shape index (κ1) is 14.9. The first-order chi connectivity index (χ1) is 8.95. The Morgan fingerprint density at radius 1 is 1.32 bits per heavy atom. The molecule has 0 aliphatic carbocycles. The van der Waals surface area contributed by atoms with Gasteiger partial charge in [-0.25, -0.2) is 4.98 Å². The van der Waals surface area contributed by atoms with Crippen LogP contribution in [0.4, 0.5) is 5.82 Å². The topological polar surface area (TPSA) is 73.7 Å². The maximum atomic E-state index is 12.2. The summed E-state index contributed by atoms with van der Waals surface area (Å²) < 4.78 is 0. The van der Waals surface area contributed by atoms with Crippen molar-refractivity contribution in [3.63, 3.8) is 0 Å². The van der Waals surface area contributed by atoms with Gasteiger partial charge in [0.1, 0.15) is 12.4 Å². The minimum absolute atomic E-state index is 0.290. The van der Waals surface area contributed by atoms with Gasteiger partial charge in [-0.15, -0.1) is 0 Å². The van der Waals surface area contributed by atoms with Crippen LogP contribution in [-0.4, -0.2) is 54.1 Å². The van der Waals surface area contributed by atoms with E-state index < -0.39 is 5.97 Å². The maximum absolute atomic E-state index is 12.2. The number of hydrogen-bond acceptors (Lipinski definition) is 4. The molecule has 1 aromatic heterocycles. The third-order valence-corrected chi connectivity index (χ3v) is 2.56. The summed E-state index contributed by atoms with van der Waals surface area (Å²) in [6.07, 6.45) is 2.18. The summed E-state index contributed by atoms with van der Waals surface area (Å²) in [6, 6.07) is 3.40. The fourth-order valence-corrected chi connectivity index (χ4v) is 1.65. The number of carbonyl (C=O) groups is 2.